The first kappa shape index (κ1) is 34.0. The monoisotopic (exact) mass is 667 g/mol. The molecule has 1 saturated heterocycles. The number of anilines is 1. The summed E-state index contributed by atoms with van der Waals surface area (Å²) in [5.74, 6) is 1.01. The van der Waals surface area contributed by atoms with Gasteiger partial charge in [-0.25, -0.2) is 14.1 Å². The number of unbranched alkanes of at least 4 members (excludes halogenated alkanes) is 2. The zero-order valence-electron chi connectivity index (χ0n) is 28.6. The smallest absolute Gasteiger partial charge is 0.257 e. The number of ether oxygens (including phenoxy) is 1. The van der Waals surface area contributed by atoms with Gasteiger partial charge in [-0.2, -0.15) is 0 Å². The number of rotatable bonds is 15. The summed E-state index contributed by atoms with van der Waals surface area (Å²) in [5, 5.41) is 15.1. The Morgan fingerprint density at radius 2 is 1.86 bits per heavy atom. The van der Waals surface area contributed by atoms with Crippen molar-refractivity contribution in [3.8, 4) is 11.4 Å². The Hall–Kier alpha value is -4.84. The van der Waals surface area contributed by atoms with Crippen molar-refractivity contribution in [2.75, 3.05) is 45.7 Å². The van der Waals surface area contributed by atoms with E-state index in [0.29, 0.717) is 29.6 Å². The molecule has 49 heavy (non-hydrogen) atoms. The van der Waals surface area contributed by atoms with E-state index in [4.69, 9.17) is 9.72 Å². The fourth-order valence-corrected chi connectivity index (χ4v) is 6.76. The van der Waals surface area contributed by atoms with E-state index in [0.717, 1.165) is 68.9 Å². The van der Waals surface area contributed by atoms with Crippen LogP contribution in [0, 0.1) is 5.82 Å². The summed E-state index contributed by atoms with van der Waals surface area (Å²) in [6.07, 6.45) is 7.89. The SMILES string of the molecule is CCCCCn1c(NC2CCN(CCC(CN(C)C(=O)c3cc(-n4cnnn4)ccc3OC)c3ccc(F)cc3)CC2)nc2ccccc21. The lowest BCUT2D eigenvalue weighted by Crippen LogP contribution is -2.40. The van der Waals surface area contributed by atoms with Crippen LogP contribution < -0.4 is 10.1 Å². The molecule has 2 aromatic heterocycles. The van der Waals surface area contributed by atoms with Gasteiger partial charge >= 0.3 is 0 Å². The van der Waals surface area contributed by atoms with Crippen molar-refractivity contribution in [1.29, 1.82) is 0 Å². The van der Waals surface area contributed by atoms with E-state index < -0.39 is 0 Å². The number of nitrogens with zero attached hydrogens (tertiary/aromatic N) is 8. The molecule has 0 aliphatic carbocycles. The van der Waals surface area contributed by atoms with Crippen LogP contribution in [0.25, 0.3) is 16.7 Å². The predicted octanol–water partition coefficient (Wildman–Crippen LogP) is 6.17. The molecular formula is C37H46FN9O2. The number of carbonyl (C=O) groups is 1. The van der Waals surface area contributed by atoms with E-state index in [-0.39, 0.29) is 17.6 Å². The Kier molecular flexibility index (Phi) is 11.1. The van der Waals surface area contributed by atoms with Crippen LogP contribution in [0.15, 0.2) is 73.1 Å². The van der Waals surface area contributed by atoms with Crippen LogP contribution in [0.1, 0.15) is 67.3 Å². The molecule has 0 spiro atoms. The number of nitrogens with one attached hydrogen (secondary N) is 1. The van der Waals surface area contributed by atoms with Gasteiger partial charge in [-0.05, 0) is 90.7 Å². The molecule has 1 fully saturated rings. The summed E-state index contributed by atoms with van der Waals surface area (Å²) in [5.41, 5.74) is 4.31. The number of methoxy groups -OCH3 is 1. The van der Waals surface area contributed by atoms with E-state index in [9.17, 15) is 9.18 Å². The first-order valence-corrected chi connectivity index (χ1v) is 17.3. The van der Waals surface area contributed by atoms with E-state index in [1.807, 2.05) is 18.2 Å². The molecule has 0 saturated carbocycles. The Morgan fingerprint density at radius 1 is 1.06 bits per heavy atom. The number of hydrogen-bond donors (Lipinski definition) is 1. The van der Waals surface area contributed by atoms with E-state index >= 15 is 0 Å². The molecular weight excluding hydrogens is 621 g/mol. The third-order valence-corrected chi connectivity index (χ3v) is 9.56. The maximum absolute atomic E-state index is 13.9. The van der Waals surface area contributed by atoms with Crippen molar-refractivity contribution in [1.82, 2.24) is 39.6 Å². The molecule has 1 N–H and O–H groups in total. The van der Waals surface area contributed by atoms with Gasteiger partial charge in [-0.15, -0.1) is 5.10 Å². The molecule has 1 atom stereocenters. The zero-order chi connectivity index (χ0) is 34.2. The van der Waals surface area contributed by atoms with Gasteiger partial charge in [0.25, 0.3) is 5.91 Å². The zero-order valence-corrected chi connectivity index (χ0v) is 28.6. The second-order valence-electron chi connectivity index (χ2n) is 12.9. The molecule has 0 bridgehead atoms. The van der Waals surface area contributed by atoms with Crippen molar-refractivity contribution in [2.24, 2.45) is 0 Å². The molecule has 1 aliphatic heterocycles. The summed E-state index contributed by atoms with van der Waals surface area (Å²) in [4.78, 5) is 23.0. The standard InChI is InChI=1S/C37H46FN9O2/c1-4-5-8-20-46-34-10-7-6-9-33(34)41-37(46)40-30-18-22-45(23-19-30)21-17-28(27-11-13-29(38)14-12-27)25-44(2)36(48)32-24-31(15-16-35(32)49-3)47-26-39-42-43-47/h6-7,9-16,24,26,28,30H,4-5,8,17-23,25H2,1-3H3,(H,40,41). The maximum Gasteiger partial charge on any atom is 0.257 e. The van der Waals surface area contributed by atoms with Gasteiger partial charge in [0.2, 0.25) is 5.95 Å². The van der Waals surface area contributed by atoms with Crippen molar-refractivity contribution in [3.63, 3.8) is 0 Å². The summed E-state index contributed by atoms with van der Waals surface area (Å²) < 4.78 is 23.3. The fourth-order valence-electron chi connectivity index (χ4n) is 6.76. The number of piperidine rings is 1. The topological polar surface area (TPSA) is 106 Å². The molecule has 258 valence electrons. The van der Waals surface area contributed by atoms with Gasteiger partial charge in [0.05, 0.1) is 29.4 Å². The first-order valence-electron chi connectivity index (χ1n) is 17.3. The second kappa shape index (κ2) is 16.0. The minimum atomic E-state index is -0.274. The van der Waals surface area contributed by atoms with Crippen LogP contribution in [-0.4, -0.2) is 91.8 Å². The summed E-state index contributed by atoms with van der Waals surface area (Å²) in [7, 11) is 3.35. The highest BCUT2D eigenvalue weighted by Gasteiger charge is 2.25. The number of imidazole rings is 1. The second-order valence-corrected chi connectivity index (χ2v) is 12.9. The van der Waals surface area contributed by atoms with Gasteiger partial charge in [0.1, 0.15) is 17.9 Å². The number of tetrazole rings is 1. The molecule has 0 radical (unpaired) electrons. The summed E-state index contributed by atoms with van der Waals surface area (Å²) in [6.45, 7) is 6.49. The van der Waals surface area contributed by atoms with E-state index in [2.05, 4.69) is 55.4 Å². The van der Waals surface area contributed by atoms with Crippen LogP contribution >= 0.6 is 0 Å². The Balaban J connectivity index is 1.09. The Morgan fingerprint density at radius 3 is 2.59 bits per heavy atom. The lowest BCUT2D eigenvalue weighted by Gasteiger charge is -2.34. The predicted molar refractivity (Wildman–Crippen MR) is 189 cm³/mol. The molecule has 5 aromatic rings. The largest absolute Gasteiger partial charge is 0.496 e. The number of aromatic nitrogens is 6. The van der Waals surface area contributed by atoms with Crippen molar-refractivity contribution < 1.29 is 13.9 Å². The Labute approximate surface area is 287 Å². The highest BCUT2D eigenvalue weighted by Crippen LogP contribution is 2.28. The number of halogens is 1. The van der Waals surface area contributed by atoms with Crippen LogP contribution in [0.5, 0.6) is 5.75 Å². The van der Waals surface area contributed by atoms with Crippen molar-refractivity contribution in [2.45, 2.75) is 64.0 Å². The minimum absolute atomic E-state index is 0.0159. The highest BCUT2D eigenvalue weighted by molar-refractivity contribution is 5.97. The number of fused-ring (bicyclic) bond motifs is 1. The third-order valence-electron chi connectivity index (χ3n) is 9.56. The number of likely N-dealkylation sites (tertiary alicyclic amines) is 1. The van der Waals surface area contributed by atoms with Gasteiger partial charge in [-0.1, -0.05) is 44.0 Å². The van der Waals surface area contributed by atoms with Crippen LogP contribution in [0.4, 0.5) is 10.3 Å². The molecule has 1 unspecified atom stereocenters. The van der Waals surface area contributed by atoms with Gasteiger partial charge in [0.15, 0.2) is 0 Å². The lowest BCUT2D eigenvalue weighted by atomic mass is 9.94. The quantitative estimate of drug-likeness (QED) is 0.132. The number of para-hydroxylation sites is 2. The number of hydrogen-bond acceptors (Lipinski definition) is 8. The van der Waals surface area contributed by atoms with Crippen LogP contribution in [0.3, 0.4) is 0 Å². The van der Waals surface area contributed by atoms with Crippen LogP contribution in [0.2, 0.25) is 0 Å². The lowest BCUT2D eigenvalue weighted by molar-refractivity contribution is 0.0778. The molecule has 11 nitrogen and oxygen atoms in total. The van der Waals surface area contributed by atoms with Gasteiger partial charge in [0, 0.05) is 45.2 Å². The van der Waals surface area contributed by atoms with Gasteiger partial charge in [-0.3, -0.25) is 4.79 Å². The number of benzene rings is 3. The van der Waals surface area contributed by atoms with E-state index in [1.165, 1.54) is 41.5 Å². The van der Waals surface area contributed by atoms with Crippen molar-refractivity contribution >= 4 is 22.9 Å². The highest BCUT2D eigenvalue weighted by atomic mass is 19.1. The molecule has 1 amide bonds. The van der Waals surface area contributed by atoms with Gasteiger partial charge < -0.3 is 24.4 Å². The normalized spacial score (nSPS) is 14.6. The fraction of sp³-hybridized carbons (Fsp3) is 0.432. The number of likely N-dealkylation sites (N-methyl/N-ethyl adjacent to an activating group) is 1. The Bertz CT molecular complexity index is 1800. The number of aryl methyl sites for hydroxylation is 1. The summed E-state index contributed by atoms with van der Waals surface area (Å²) >= 11 is 0. The number of carbonyl (C=O) groups excluding carboxylic acids is 1. The molecule has 6 rings (SSSR count). The average molecular weight is 668 g/mol. The molecule has 12 heteroatoms. The molecule has 3 heterocycles. The summed E-state index contributed by atoms with van der Waals surface area (Å²) in [6, 6.07) is 20.7. The average Bonchev–Trinajstić information content (AvgIpc) is 3.79. The van der Waals surface area contributed by atoms with Crippen LogP contribution in [-0.2, 0) is 6.54 Å². The third kappa shape index (κ3) is 8.25. The molecule has 3 aromatic carbocycles. The van der Waals surface area contributed by atoms with E-state index in [1.54, 1.807) is 37.3 Å². The van der Waals surface area contributed by atoms with Crippen molar-refractivity contribution in [3.05, 3.63) is 90.0 Å². The first-order chi connectivity index (χ1) is 23.9. The molecule has 1 aliphatic rings. The maximum atomic E-state index is 13.9. The number of amides is 1. The minimum Gasteiger partial charge on any atom is -0.496 e.